The molecule has 0 aliphatic rings. The van der Waals surface area contributed by atoms with Crippen LogP contribution in [-0.2, 0) is 13.1 Å². The van der Waals surface area contributed by atoms with E-state index in [0.29, 0.717) is 24.5 Å². The molecule has 0 amide bonds. The minimum Gasteiger partial charge on any atom is -0.355 e. The fourth-order valence-electron chi connectivity index (χ4n) is 2.72. The molecular formula is C20H20N6. The van der Waals surface area contributed by atoms with E-state index in [1.807, 2.05) is 72.7 Å². The van der Waals surface area contributed by atoms with Crippen LogP contribution in [0.5, 0.6) is 0 Å². The first-order chi connectivity index (χ1) is 12.7. The third kappa shape index (κ3) is 4.14. The van der Waals surface area contributed by atoms with Gasteiger partial charge in [0, 0.05) is 52.0 Å². The quantitative estimate of drug-likeness (QED) is 0.685. The summed E-state index contributed by atoms with van der Waals surface area (Å²) < 4.78 is 0. The maximum atomic E-state index is 9.45. The highest BCUT2D eigenvalue weighted by Gasteiger charge is 2.13. The number of hydrogen-bond donors (Lipinski definition) is 0. The predicted molar refractivity (Wildman–Crippen MR) is 102 cm³/mol. The van der Waals surface area contributed by atoms with Gasteiger partial charge in [0.25, 0.3) is 0 Å². The number of anilines is 2. The zero-order valence-electron chi connectivity index (χ0n) is 14.9. The van der Waals surface area contributed by atoms with Crippen LogP contribution in [0.2, 0.25) is 0 Å². The van der Waals surface area contributed by atoms with Crippen molar-refractivity contribution in [2.75, 3.05) is 23.9 Å². The van der Waals surface area contributed by atoms with Crippen LogP contribution in [0.3, 0.4) is 0 Å². The van der Waals surface area contributed by atoms with Crippen molar-refractivity contribution < 1.29 is 0 Å². The normalized spacial score (nSPS) is 10.2. The number of rotatable bonds is 6. The molecule has 0 saturated carbocycles. The van der Waals surface area contributed by atoms with Gasteiger partial charge in [0.1, 0.15) is 17.7 Å². The number of hydrogen-bond acceptors (Lipinski definition) is 6. The number of pyridine rings is 3. The third-order valence-electron chi connectivity index (χ3n) is 4.02. The molecule has 0 atom stereocenters. The highest BCUT2D eigenvalue weighted by Crippen LogP contribution is 2.23. The Labute approximate surface area is 153 Å². The SMILES string of the molecule is CN(Cc1cccnc1)c1ccc(C#N)c(N(C)Cc2cccnc2)n1. The number of nitrogens with zero attached hydrogens (tertiary/aromatic N) is 6. The molecule has 3 heterocycles. The molecule has 0 N–H and O–H groups in total. The van der Waals surface area contributed by atoms with Crippen molar-refractivity contribution in [2.45, 2.75) is 13.1 Å². The molecule has 0 spiro atoms. The maximum Gasteiger partial charge on any atom is 0.149 e. The van der Waals surface area contributed by atoms with Crippen LogP contribution < -0.4 is 9.80 Å². The molecule has 0 aliphatic heterocycles. The van der Waals surface area contributed by atoms with Gasteiger partial charge in [-0.2, -0.15) is 5.26 Å². The number of nitriles is 1. The average molecular weight is 344 g/mol. The second-order valence-electron chi connectivity index (χ2n) is 6.09. The van der Waals surface area contributed by atoms with Gasteiger partial charge < -0.3 is 9.80 Å². The lowest BCUT2D eigenvalue weighted by Crippen LogP contribution is -2.22. The molecule has 130 valence electrons. The topological polar surface area (TPSA) is 68.9 Å². The summed E-state index contributed by atoms with van der Waals surface area (Å²) in [5, 5.41) is 9.45. The van der Waals surface area contributed by atoms with E-state index in [1.165, 1.54) is 0 Å². The Morgan fingerprint density at radius 2 is 1.50 bits per heavy atom. The summed E-state index contributed by atoms with van der Waals surface area (Å²) in [7, 11) is 3.91. The highest BCUT2D eigenvalue weighted by molar-refractivity contribution is 5.58. The maximum absolute atomic E-state index is 9.45. The van der Waals surface area contributed by atoms with Crippen LogP contribution in [-0.4, -0.2) is 29.0 Å². The van der Waals surface area contributed by atoms with Gasteiger partial charge >= 0.3 is 0 Å². The van der Waals surface area contributed by atoms with Gasteiger partial charge in [0.05, 0.1) is 5.56 Å². The van der Waals surface area contributed by atoms with Gasteiger partial charge in [-0.25, -0.2) is 4.98 Å². The molecule has 0 unspecified atom stereocenters. The average Bonchev–Trinajstić information content (AvgIpc) is 2.69. The Balaban J connectivity index is 1.83. The van der Waals surface area contributed by atoms with Crippen molar-refractivity contribution in [2.24, 2.45) is 0 Å². The van der Waals surface area contributed by atoms with E-state index in [2.05, 4.69) is 16.0 Å². The smallest absolute Gasteiger partial charge is 0.149 e. The van der Waals surface area contributed by atoms with E-state index in [0.717, 1.165) is 16.9 Å². The first-order valence-electron chi connectivity index (χ1n) is 8.28. The van der Waals surface area contributed by atoms with Crippen molar-refractivity contribution >= 4 is 11.6 Å². The van der Waals surface area contributed by atoms with Crippen molar-refractivity contribution in [1.29, 1.82) is 5.26 Å². The minimum atomic E-state index is 0.551. The van der Waals surface area contributed by atoms with Gasteiger partial charge in [-0.05, 0) is 35.4 Å². The fourth-order valence-corrected chi connectivity index (χ4v) is 2.72. The molecule has 0 fully saturated rings. The lowest BCUT2D eigenvalue weighted by atomic mass is 10.2. The zero-order valence-corrected chi connectivity index (χ0v) is 14.9. The first kappa shape index (κ1) is 17.4. The standard InChI is InChI=1S/C20H20N6/c1-25(14-16-5-3-9-22-12-16)19-8-7-18(11-21)20(24-19)26(2)15-17-6-4-10-23-13-17/h3-10,12-13H,14-15H2,1-2H3. The van der Waals surface area contributed by atoms with Gasteiger partial charge in [-0.3, -0.25) is 9.97 Å². The number of aromatic nitrogens is 3. The van der Waals surface area contributed by atoms with Crippen LogP contribution in [0.15, 0.2) is 61.2 Å². The summed E-state index contributed by atoms with van der Waals surface area (Å²) in [6.45, 7) is 1.32. The Bertz CT molecular complexity index is 889. The molecule has 0 aromatic carbocycles. The van der Waals surface area contributed by atoms with Crippen molar-refractivity contribution in [3.8, 4) is 6.07 Å². The molecular weight excluding hydrogens is 324 g/mol. The van der Waals surface area contributed by atoms with Crippen LogP contribution in [0, 0.1) is 11.3 Å². The summed E-state index contributed by atoms with van der Waals surface area (Å²) in [4.78, 5) is 17.0. The monoisotopic (exact) mass is 344 g/mol. The van der Waals surface area contributed by atoms with Crippen LogP contribution in [0.4, 0.5) is 11.6 Å². The van der Waals surface area contributed by atoms with Crippen molar-refractivity contribution in [3.05, 3.63) is 77.9 Å². The largest absolute Gasteiger partial charge is 0.355 e. The fraction of sp³-hybridized carbons (Fsp3) is 0.200. The Hall–Kier alpha value is -3.46. The van der Waals surface area contributed by atoms with E-state index in [-0.39, 0.29) is 0 Å². The third-order valence-corrected chi connectivity index (χ3v) is 4.02. The van der Waals surface area contributed by atoms with E-state index in [9.17, 15) is 5.26 Å². The molecule has 6 nitrogen and oxygen atoms in total. The van der Waals surface area contributed by atoms with Crippen molar-refractivity contribution in [3.63, 3.8) is 0 Å². The summed E-state index contributed by atoms with van der Waals surface area (Å²) in [6, 6.07) is 13.8. The highest BCUT2D eigenvalue weighted by atomic mass is 15.2. The Morgan fingerprint density at radius 1 is 0.885 bits per heavy atom. The summed E-state index contributed by atoms with van der Waals surface area (Å²) >= 11 is 0. The lowest BCUT2D eigenvalue weighted by Gasteiger charge is -2.23. The Morgan fingerprint density at radius 3 is 2.04 bits per heavy atom. The van der Waals surface area contributed by atoms with Gasteiger partial charge in [-0.15, -0.1) is 0 Å². The summed E-state index contributed by atoms with van der Waals surface area (Å²) in [5.41, 5.74) is 2.72. The second kappa shape index (κ2) is 8.08. The van der Waals surface area contributed by atoms with Gasteiger partial charge in [-0.1, -0.05) is 12.1 Å². The second-order valence-corrected chi connectivity index (χ2v) is 6.09. The first-order valence-corrected chi connectivity index (χ1v) is 8.28. The molecule has 3 aromatic heterocycles. The van der Waals surface area contributed by atoms with Gasteiger partial charge in [0.2, 0.25) is 0 Å². The Kier molecular flexibility index (Phi) is 5.40. The summed E-state index contributed by atoms with van der Waals surface area (Å²) in [6.07, 6.45) is 7.17. The molecule has 3 rings (SSSR count). The molecule has 0 aliphatic carbocycles. The molecule has 0 radical (unpaired) electrons. The lowest BCUT2D eigenvalue weighted by molar-refractivity contribution is 0.860. The predicted octanol–water partition coefficient (Wildman–Crippen LogP) is 3.02. The van der Waals surface area contributed by atoms with Crippen LogP contribution in [0.1, 0.15) is 16.7 Å². The van der Waals surface area contributed by atoms with E-state index in [4.69, 9.17) is 4.98 Å². The van der Waals surface area contributed by atoms with Gasteiger partial charge in [0.15, 0.2) is 0 Å². The molecule has 0 saturated heterocycles. The van der Waals surface area contributed by atoms with E-state index in [1.54, 1.807) is 12.4 Å². The molecule has 0 bridgehead atoms. The minimum absolute atomic E-state index is 0.551. The summed E-state index contributed by atoms with van der Waals surface area (Å²) in [5.74, 6) is 1.47. The molecule has 26 heavy (non-hydrogen) atoms. The molecule has 6 heteroatoms. The van der Waals surface area contributed by atoms with Crippen molar-refractivity contribution in [1.82, 2.24) is 15.0 Å². The van der Waals surface area contributed by atoms with E-state index >= 15 is 0 Å². The molecule has 3 aromatic rings. The van der Waals surface area contributed by atoms with E-state index < -0.39 is 0 Å². The zero-order chi connectivity index (χ0) is 18.4. The van der Waals surface area contributed by atoms with Crippen LogP contribution >= 0.6 is 0 Å². The van der Waals surface area contributed by atoms with Crippen LogP contribution in [0.25, 0.3) is 0 Å².